The number of nitrogens with two attached hydrogens (primary N) is 1. The topological polar surface area (TPSA) is 88.7 Å². The standard InChI is InChI=1S/C19H20ClF3N4O2/c1-12-15(20)3-2-4-16(12)27-17(28)9-10-25-18(24)26-11-13-5-7-14(8-6-13)29-19(21,22)23/h2-8H,9-11H2,1H3,(H,27,28)(H3,24,25,26). The predicted molar refractivity (Wildman–Crippen MR) is 106 cm³/mol. The van der Waals surface area contributed by atoms with E-state index in [1.807, 2.05) is 6.92 Å². The highest BCUT2D eigenvalue weighted by Gasteiger charge is 2.30. The largest absolute Gasteiger partial charge is 0.573 e. The number of nitrogens with one attached hydrogen (secondary N) is 2. The highest BCUT2D eigenvalue weighted by atomic mass is 35.5. The molecule has 0 aromatic heterocycles. The van der Waals surface area contributed by atoms with E-state index in [1.54, 1.807) is 18.2 Å². The van der Waals surface area contributed by atoms with E-state index in [4.69, 9.17) is 17.3 Å². The number of carbonyl (C=O) groups excluding carboxylic acids is 1. The monoisotopic (exact) mass is 428 g/mol. The summed E-state index contributed by atoms with van der Waals surface area (Å²) in [4.78, 5) is 16.1. The Hall–Kier alpha value is -2.94. The number of carbonyl (C=O) groups is 1. The first-order valence-electron chi connectivity index (χ1n) is 8.57. The lowest BCUT2D eigenvalue weighted by molar-refractivity contribution is -0.274. The molecule has 0 atom stereocenters. The molecule has 0 saturated heterocycles. The summed E-state index contributed by atoms with van der Waals surface area (Å²) < 4.78 is 40.2. The lowest BCUT2D eigenvalue weighted by atomic mass is 10.2. The van der Waals surface area contributed by atoms with Gasteiger partial charge in [0, 0.05) is 23.7 Å². The van der Waals surface area contributed by atoms with Crippen LogP contribution < -0.4 is 21.1 Å². The van der Waals surface area contributed by atoms with Crippen molar-refractivity contribution in [3.8, 4) is 5.75 Å². The Morgan fingerprint density at radius 2 is 1.90 bits per heavy atom. The quantitative estimate of drug-likeness (QED) is 0.459. The summed E-state index contributed by atoms with van der Waals surface area (Å²) in [5.41, 5.74) is 7.81. The van der Waals surface area contributed by atoms with E-state index >= 15 is 0 Å². The van der Waals surface area contributed by atoms with Gasteiger partial charge in [0.05, 0.1) is 6.54 Å². The summed E-state index contributed by atoms with van der Waals surface area (Å²) >= 11 is 6.01. The number of rotatable bonds is 7. The van der Waals surface area contributed by atoms with Crippen LogP contribution >= 0.6 is 11.6 Å². The summed E-state index contributed by atoms with van der Waals surface area (Å²) in [6, 6.07) is 10.6. The summed E-state index contributed by atoms with van der Waals surface area (Å²) in [5.74, 6) is -0.402. The van der Waals surface area contributed by atoms with Crippen LogP contribution in [-0.2, 0) is 11.3 Å². The van der Waals surface area contributed by atoms with Crippen molar-refractivity contribution >= 4 is 29.2 Å². The Labute approximate surface area is 170 Å². The van der Waals surface area contributed by atoms with E-state index in [1.165, 1.54) is 24.3 Å². The third-order valence-electron chi connectivity index (χ3n) is 3.79. The van der Waals surface area contributed by atoms with Gasteiger partial charge in [0.1, 0.15) is 5.75 Å². The van der Waals surface area contributed by atoms with Gasteiger partial charge in [-0.25, -0.2) is 4.99 Å². The molecule has 10 heteroatoms. The van der Waals surface area contributed by atoms with Gasteiger partial charge in [0.25, 0.3) is 0 Å². The summed E-state index contributed by atoms with van der Waals surface area (Å²) in [5, 5.41) is 6.14. The van der Waals surface area contributed by atoms with Crippen molar-refractivity contribution in [2.24, 2.45) is 10.7 Å². The van der Waals surface area contributed by atoms with Gasteiger partial charge < -0.3 is 21.1 Å². The third kappa shape index (κ3) is 7.90. The fourth-order valence-corrected chi connectivity index (χ4v) is 2.46. The van der Waals surface area contributed by atoms with Crippen LogP contribution in [0.1, 0.15) is 17.5 Å². The number of guanidine groups is 1. The van der Waals surface area contributed by atoms with E-state index in [0.29, 0.717) is 16.3 Å². The number of amides is 1. The average molecular weight is 429 g/mol. The van der Waals surface area contributed by atoms with Crippen molar-refractivity contribution in [2.75, 3.05) is 11.9 Å². The second-order valence-electron chi connectivity index (χ2n) is 6.03. The van der Waals surface area contributed by atoms with E-state index in [0.717, 1.165) is 5.56 Å². The van der Waals surface area contributed by atoms with Crippen LogP contribution in [0.15, 0.2) is 47.5 Å². The van der Waals surface area contributed by atoms with Gasteiger partial charge in [-0.2, -0.15) is 0 Å². The first-order valence-corrected chi connectivity index (χ1v) is 8.95. The normalized spacial score (nSPS) is 11.8. The van der Waals surface area contributed by atoms with Crippen molar-refractivity contribution in [3.63, 3.8) is 0 Å². The molecule has 0 radical (unpaired) electrons. The van der Waals surface area contributed by atoms with Crippen molar-refractivity contribution in [3.05, 3.63) is 58.6 Å². The van der Waals surface area contributed by atoms with Crippen LogP contribution in [0.2, 0.25) is 5.02 Å². The second kappa shape index (κ2) is 10.0. The van der Waals surface area contributed by atoms with Gasteiger partial charge >= 0.3 is 6.36 Å². The summed E-state index contributed by atoms with van der Waals surface area (Å²) in [6.45, 7) is 2.24. The van der Waals surface area contributed by atoms with Crippen molar-refractivity contribution in [2.45, 2.75) is 26.3 Å². The van der Waals surface area contributed by atoms with Crippen LogP contribution in [0.4, 0.5) is 18.9 Å². The van der Waals surface area contributed by atoms with E-state index in [-0.39, 0.29) is 37.1 Å². The van der Waals surface area contributed by atoms with Gasteiger partial charge in [0.2, 0.25) is 5.91 Å². The van der Waals surface area contributed by atoms with Gasteiger partial charge in [-0.1, -0.05) is 29.8 Å². The highest BCUT2D eigenvalue weighted by Crippen LogP contribution is 2.23. The number of aliphatic imine (C=N–C) groups is 1. The maximum absolute atomic E-state index is 12.1. The second-order valence-corrected chi connectivity index (χ2v) is 6.44. The first kappa shape index (κ1) is 22.4. The van der Waals surface area contributed by atoms with Gasteiger partial charge in [-0.15, -0.1) is 13.2 Å². The van der Waals surface area contributed by atoms with E-state index in [2.05, 4.69) is 20.4 Å². The van der Waals surface area contributed by atoms with Crippen molar-refractivity contribution < 1.29 is 22.7 Å². The first-order chi connectivity index (χ1) is 13.6. The molecule has 0 unspecified atom stereocenters. The number of nitrogens with zero attached hydrogens (tertiary/aromatic N) is 1. The lowest BCUT2D eigenvalue weighted by Crippen LogP contribution is -2.34. The molecule has 0 aliphatic heterocycles. The number of hydrogen-bond donors (Lipinski definition) is 3. The minimum atomic E-state index is -4.73. The number of anilines is 1. The van der Waals surface area contributed by atoms with Crippen LogP contribution in [0.25, 0.3) is 0 Å². The molecule has 6 nitrogen and oxygen atoms in total. The number of halogens is 4. The molecule has 2 rings (SSSR count). The Morgan fingerprint density at radius 1 is 1.21 bits per heavy atom. The molecular weight excluding hydrogens is 409 g/mol. The number of alkyl halides is 3. The maximum Gasteiger partial charge on any atom is 0.573 e. The molecule has 0 aliphatic rings. The molecule has 0 spiro atoms. The predicted octanol–water partition coefficient (Wildman–Crippen LogP) is 3.98. The minimum absolute atomic E-state index is 0.118. The number of benzene rings is 2. The van der Waals surface area contributed by atoms with Crippen LogP contribution in [0.3, 0.4) is 0 Å². The molecule has 0 aliphatic carbocycles. The van der Waals surface area contributed by atoms with E-state index < -0.39 is 6.36 Å². The van der Waals surface area contributed by atoms with Crippen LogP contribution in [-0.4, -0.2) is 24.8 Å². The smallest absolute Gasteiger partial charge is 0.406 e. The Morgan fingerprint density at radius 3 is 2.55 bits per heavy atom. The van der Waals surface area contributed by atoms with Crippen LogP contribution in [0, 0.1) is 6.92 Å². The van der Waals surface area contributed by atoms with E-state index in [9.17, 15) is 18.0 Å². The maximum atomic E-state index is 12.1. The zero-order valence-electron chi connectivity index (χ0n) is 15.5. The molecule has 156 valence electrons. The Bertz CT molecular complexity index is 871. The fourth-order valence-electron chi connectivity index (χ4n) is 2.29. The van der Waals surface area contributed by atoms with Gasteiger partial charge in [0.15, 0.2) is 5.96 Å². The number of hydrogen-bond acceptors (Lipinski definition) is 3. The number of ether oxygens (including phenoxy) is 1. The molecule has 0 fully saturated rings. The molecule has 0 saturated carbocycles. The molecule has 4 N–H and O–H groups in total. The molecule has 1 amide bonds. The molecule has 0 heterocycles. The lowest BCUT2D eigenvalue weighted by Gasteiger charge is -2.10. The minimum Gasteiger partial charge on any atom is -0.406 e. The molecule has 0 bridgehead atoms. The molecular formula is C19H20ClF3N4O2. The summed E-state index contributed by atoms with van der Waals surface area (Å²) in [6.07, 6.45) is -4.57. The van der Waals surface area contributed by atoms with Gasteiger partial charge in [-0.3, -0.25) is 4.79 Å². The van der Waals surface area contributed by atoms with Crippen molar-refractivity contribution in [1.29, 1.82) is 0 Å². The molecule has 29 heavy (non-hydrogen) atoms. The highest BCUT2D eigenvalue weighted by molar-refractivity contribution is 6.31. The third-order valence-corrected chi connectivity index (χ3v) is 4.20. The Balaban J connectivity index is 1.75. The molecule has 2 aromatic carbocycles. The SMILES string of the molecule is Cc1c(Cl)cccc1NC(=O)CCNC(N)=NCc1ccc(OC(F)(F)F)cc1. The average Bonchev–Trinajstić information content (AvgIpc) is 2.64. The summed E-state index contributed by atoms with van der Waals surface area (Å²) in [7, 11) is 0. The fraction of sp³-hybridized carbons (Fsp3) is 0.263. The van der Waals surface area contributed by atoms with Gasteiger partial charge in [-0.05, 0) is 42.3 Å². The molecule has 2 aromatic rings. The Kier molecular flexibility index (Phi) is 7.72. The van der Waals surface area contributed by atoms with Crippen LogP contribution in [0.5, 0.6) is 5.75 Å². The zero-order chi connectivity index (χ0) is 21.4. The zero-order valence-corrected chi connectivity index (χ0v) is 16.3. The van der Waals surface area contributed by atoms with Crippen molar-refractivity contribution in [1.82, 2.24) is 5.32 Å².